The van der Waals surface area contributed by atoms with Gasteiger partial charge >= 0.3 is 5.97 Å². The number of aromatic carboxylic acids is 1. The maximum Gasteiger partial charge on any atom is 0.335 e. The summed E-state index contributed by atoms with van der Waals surface area (Å²) in [7, 11) is -4.09. The van der Waals surface area contributed by atoms with Crippen LogP contribution in [0.15, 0.2) is 29.4 Å². The fourth-order valence-electron chi connectivity index (χ4n) is 2.01. The Bertz CT molecular complexity index is 844. The first-order valence-corrected chi connectivity index (χ1v) is 7.14. The average molecular weight is 308 g/mol. The van der Waals surface area contributed by atoms with Gasteiger partial charge in [-0.05, 0) is 18.2 Å². The van der Waals surface area contributed by atoms with Crippen molar-refractivity contribution in [3.05, 3.63) is 41.5 Å². The largest absolute Gasteiger partial charge is 0.478 e. The van der Waals surface area contributed by atoms with E-state index in [0.717, 1.165) is 6.07 Å². The van der Waals surface area contributed by atoms with Crippen LogP contribution in [0.2, 0.25) is 0 Å². The highest BCUT2D eigenvalue weighted by Gasteiger charge is 2.42. The summed E-state index contributed by atoms with van der Waals surface area (Å²) in [6, 6.07) is 3.36. The number of sulfonamides is 1. The van der Waals surface area contributed by atoms with Crippen LogP contribution in [-0.4, -0.2) is 44.9 Å². The standard InChI is InChI=1S/C11H8N4O5S/c16-10-7-2-1-6(11(17)18)3-8(7)21(19,20)15(10)4-9-12-5-13-14-9/h1-3,5H,4H2,(H,17,18)(H,12,13,14). The lowest BCUT2D eigenvalue weighted by Gasteiger charge is -2.12. The van der Waals surface area contributed by atoms with Crippen molar-refractivity contribution in [1.82, 2.24) is 19.5 Å². The number of nitrogens with zero attached hydrogens (tertiary/aromatic N) is 3. The molecule has 0 radical (unpaired) electrons. The van der Waals surface area contributed by atoms with E-state index in [-0.39, 0.29) is 28.4 Å². The van der Waals surface area contributed by atoms with Gasteiger partial charge in [-0.1, -0.05) is 0 Å². The number of carbonyl (C=O) groups excluding carboxylic acids is 1. The number of H-pyrrole nitrogens is 1. The van der Waals surface area contributed by atoms with Gasteiger partial charge in [-0.2, -0.15) is 5.10 Å². The molecule has 1 aliphatic rings. The fourth-order valence-corrected chi connectivity index (χ4v) is 3.56. The molecule has 0 saturated carbocycles. The first kappa shape index (κ1) is 13.2. The van der Waals surface area contributed by atoms with E-state index in [4.69, 9.17) is 5.11 Å². The number of hydrogen-bond acceptors (Lipinski definition) is 6. The zero-order valence-electron chi connectivity index (χ0n) is 10.3. The molecule has 2 heterocycles. The van der Waals surface area contributed by atoms with Crippen molar-refractivity contribution in [3.63, 3.8) is 0 Å². The number of carboxylic acid groups (broad SMARTS) is 1. The zero-order valence-corrected chi connectivity index (χ0v) is 11.2. The third-order valence-corrected chi connectivity index (χ3v) is 4.78. The summed E-state index contributed by atoms with van der Waals surface area (Å²) in [5.74, 6) is -1.79. The minimum absolute atomic E-state index is 0.0560. The van der Waals surface area contributed by atoms with E-state index in [1.54, 1.807) is 0 Å². The highest BCUT2D eigenvalue weighted by Crippen LogP contribution is 2.31. The molecule has 21 heavy (non-hydrogen) atoms. The van der Waals surface area contributed by atoms with Crippen molar-refractivity contribution in [2.45, 2.75) is 11.4 Å². The number of aromatic nitrogens is 3. The quantitative estimate of drug-likeness (QED) is 0.805. The lowest BCUT2D eigenvalue weighted by Crippen LogP contribution is -2.29. The molecular formula is C11H8N4O5S. The van der Waals surface area contributed by atoms with Crippen molar-refractivity contribution in [2.75, 3.05) is 0 Å². The summed E-state index contributed by atoms with van der Waals surface area (Å²) in [6.07, 6.45) is 1.19. The predicted octanol–water partition coefficient (Wildman–Crippen LogP) is -0.152. The van der Waals surface area contributed by atoms with Crippen LogP contribution < -0.4 is 0 Å². The van der Waals surface area contributed by atoms with Crippen molar-refractivity contribution >= 4 is 21.9 Å². The molecule has 1 aromatic heterocycles. The van der Waals surface area contributed by atoms with E-state index < -0.39 is 21.9 Å². The molecule has 2 aromatic rings. The van der Waals surface area contributed by atoms with E-state index in [9.17, 15) is 18.0 Å². The lowest BCUT2D eigenvalue weighted by molar-refractivity contribution is 0.0695. The summed E-state index contributed by atoms with van der Waals surface area (Å²) in [5, 5.41) is 15.0. The topological polar surface area (TPSA) is 133 Å². The number of nitrogens with one attached hydrogen (secondary N) is 1. The van der Waals surface area contributed by atoms with E-state index in [2.05, 4.69) is 15.2 Å². The fraction of sp³-hybridized carbons (Fsp3) is 0.0909. The van der Waals surface area contributed by atoms with Crippen LogP contribution >= 0.6 is 0 Å². The predicted molar refractivity (Wildman–Crippen MR) is 66.8 cm³/mol. The summed E-state index contributed by atoms with van der Waals surface area (Å²) in [4.78, 5) is 26.5. The maximum atomic E-state index is 12.3. The molecule has 108 valence electrons. The maximum absolute atomic E-state index is 12.3. The third kappa shape index (κ3) is 1.96. The third-order valence-electron chi connectivity index (χ3n) is 3.01. The van der Waals surface area contributed by atoms with E-state index in [0.29, 0.717) is 4.31 Å². The van der Waals surface area contributed by atoms with E-state index in [1.165, 1.54) is 18.5 Å². The van der Waals surface area contributed by atoms with Crippen LogP contribution in [0, 0.1) is 0 Å². The Labute approximate surface area is 118 Å². The molecule has 1 aliphatic heterocycles. The number of amides is 1. The number of aromatic amines is 1. The molecule has 0 saturated heterocycles. The Morgan fingerprint density at radius 1 is 1.38 bits per heavy atom. The monoisotopic (exact) mass is 308 g/mol. The number of fused-ring (bicyclic) bond motifs is 1. The summed E-state index contributed by atoms with van der Waals surface area (Å²) in [6.45, 7) is -0.293. The normalized spacial score (nSPS) is 16.0. The lowest BCUT2D eigenvalue weighted by atomic mass is 10.1. The van der Waals surface area contributed by atoms with Gasteiger partial charge in [0.1, 0.15) is 17.0 Å². The average Bonchev–Trinajstić information content (AvgIpc) is 3.01. The SMILES string of the molecule is O=C(O)c1ccc2c(c1)S(=O)(=O)N(Cc1ncn[nH]1)C2=O. The van der Waals surface area contributed by atoms with Gasteiger partial charge in [0.2, 0.25) is 0 Å². The summed E-state index contributed by atoms with van der Waals surface area (Å²) < 4.78 is 25.3. The number of carbonyl (C=O) groups is 2. The molecule has 10 heteroatoms. The van der Waals surface area contributed by atoms with Gasteiger partial charge in [0.05, 0.1) is 17.7 Å². The minimum Gasteiger partial charge on any atom is -0.478 e. The highest BCUT2D eigenvalue weighted by atomic mass is 32.2. The summed E-state index contributed by atoms with van der Waals surface area (Å²) in [5.41, 5.74) is -0.258. The Morgan fingerprint density at radius 3 is 2.76 bits per heavy atom. The number of carboxylic acids is 1. The minimum atomic E-state index is -4.09. The van der Waals surface area contributed by atoms with Crippen LogP contribution in [0.1, 0.15) is 26.5 Å². The number of hydrogen-bond donors (Lipinski definition) is 2. The second-order valence-electron chi connectivity index (χ2n) is 4.27. The van der Waals surface area contributed by atoms with Gasteiger partial charge in [-0.15, -0.1) is 0 Å². The molecule has 1 aromatic carbocycles. The molecule has 0 fully saturated rings. The van der Waals surface area contributed by atoms with Crippen molar-refractivity contribution in [3.8, 4) is 0 Å². The Balaban J connectivity index is 2.08. The molecule has 0 unspecified atom stereocenters. The molecule has 0 spiro atoms. The zero-order chi connectivity index (χ0) is 15.2. The summed E-state index contributed by atoms with van der Waals surface area (Å²) >= 11 is 0. The van der Waals surface area contributed by atoms with Gasteiger partial charge in [0.15, 0.2) is 0 Å². The van der Waals surface area contributed by atoms with Crippen molar-refractivity contribution in [1.29, 1.82) is 0 Å². The van der Waals surface area contributed by atoms with Gasteiger partial charge in [-0.3, -0.25) is 9.89 Å². The first-order chi connectivity index (χ1) is 9.91. The van der Waals surface area contributed by atoms with Crippen LogP contribution in [0.5, 0.6) is 0 Å². The Morgan fingerprint density at radius 2 is 2.14 bits per heavy atom. The smallest absolute Gasteiger partial charge is 0.335 e. The van der Waals surface area contributed by atoms with Gasteiger partial charge in [0, 0.05) is 0 Å². The van der Waals surface area contributed by atoms with Gasteiger partial charge in [-0.25, -0.2) is 22.5 Å². The second kappa shape index (κ2) is 4.38. The van der Waals surface area contributed by atoms with Crippen LogP contribution in [0.25, 0.3) is 0 Å². The van der Waals surface area contributed by atoms with E-state index in [1.807, 2.05) is 0 Å². The molecule has 2 N–H and O–H groups in total. The molecule has 9 nitrogen and oxygen atoms in total. The first-order valence-electron chi connectivity index (χ1n) is 5.70. The van der Waals surface area contributed by atoms with Crippen molar-refractivity contribution in [2.24, 2.45) is 0 Å². The van der Waals surface area contributed by atoms with Crippen LogP contribution in [0.4, 0.5) is 0 Å². The number of rotatable bonds is 3. The molecule has 0 bridgehead atoms. The molecule has 1 amide bonds. The highest BCUT2D eigenvalue weighted by molar-refractivity contribution is 7.90. The van der Waals surface area contributed by atoms with Crippen molar-refractivity contribution < 1.29 is 23.1 Å². The van der Waals surface area contributed by atoms with Crippen LogP contribution in [0.3, 0.4) is 0 Å². The molecular weight excluding hydrogens is 300 g/mol. The Hall–Kier alpha value is -2.75. The Kier molecular flexibility index (Phi) is 2.76. The van der Waals surface area contributed by atoms with Crippen LogP contribution in [-0.2, 0) is 16.6 Å². The molecule has 3 rings (SSSR count). The van der Waals surface area contributed by atoms with E-state index >= 15 is 0 Å². The molecule has 0 aliphatic carbocycles. The van der Waals surface area contributed by atoms with Gasteiger partial charge in [0.25, 0.3) is 15.9 Å². The molecule has 0 atom stereocenters. The second-order valence-corrected chi connectivity index (χ2v) is 6.10. The number of benzene rings is 1. The van der Waals surface area contributed by atoms with Gasteiger partial charge < -0.3 is 5.11 Å².